The molecule has 3 rings (SSSR count). The quantitative estimate of drug-likeness (QED) is 0.870. The maximum absolute atomic E-state index is 4.45. The Hall–Kier alpha value is -1.91. The first kappa shape index (κ1) is 14.0. The number of nitrogens with zero attached hydrogens (tertiary/aromatic N) is 5. The van der Waals surface area contributed by atoms with Crippen molar-refractivity contribution < 1.29 is 0 Å². The van der Waals surface area contributed by atoms with Crippen molar-refractivity contribution in [1.29, 1.82) is 0 Å². The molecule has 3 heterocycles. The summed E-state index contributed by atoms with van der Waals surface area (Å²) in [6.45, 7) is 9.66. The van der Waals surface area contributed by atoms with Crippen LogP contribution in [0.3, 0.4) is 0 Å². The molecule has 1 saturated heterocycles. The van der Waals surface area contributed by atoms with Crippen LogP contribution >= 0.6 is 0 Å². The molecule has 0 amide bonds. The largest absolute Gasteiger partial charge is 0.352 e. The molecule has 1 aliphatic rings. The zero-order chi connectivity index (χ0) is 15.0. The molecule has 1 atom stereocenters. The molecule has 0 spiro atoms. The van der Waals surface area contributed by atoms with Gasteiger partial charge in [-0.15, -0.1) is 10.2 Å². The predicted molar refractivity (Wildman–Crippen MR) is 83.8 cm³/mol. The maximum atomic E-state index is 4.45. The molecule has 2 aromatic heterocycles. The van der Waals surface area contributed by atoms with Gasteiger partial charge in [0.1, 0.15) is 0 Å². The fourth-order valence-electron chi connectivity index (χ4n) is 3.22. The fraction of sp³-hybridized carbons (Fsp3) is 0.562. The Morgan fingerprint density at radius 2 is 1.86 bits per heavy atom. The van der Waals surface area contributed by atoms with Gasteiger partial charge in [-0.05, 0) is 50.8 Å². The molecule has 1 fully saturated rings. The van der Waals surface area contributed by atoms with Gasteiger partial charge in [-0.3, -0.25) is 0 Å². The molecule has 0 bridgehead atoms. The molecule has 5 heteroatoms. The van der Waals surface area contributed by atoms with E-state index < -0.39 is 0 Å². The number of hydrogen-bond donors (Lipinski definition) is 0. The smallest absolute Gasteiger partial charge is 0.176 e. The highest BCUT2D eigenvalue weighted by molar-refractivity contribution is 5.42. The Morgan fingerprint density at radius 1 is 1.14 bits per heavy atom. The zero-order valence-electron chi connectivity index (χ0n) is 13.2. The van der Waals surface area contributed by atoms with Gasteiger partial charge in [0.05, 0.1) is 5.69 Å². The summed E-state index contributed by atoms with van der Waals surface area (Å²) in [5.41, 5.74) is 2.08. The van der Waals surface area contributed by atoms with E-state index >= 15 is 0 Å². The first-order valence-corrected chi connectivity index (χ1v) is 7.70. The maximum Gasteiger partial charge on any atom is 0.176 e. The van der Waals surface area contributed by atoms with Crippen molar-refractivity contribution in [3.8, 4) is 5.82 Å². The van der Waals surface area contributed by atoms with Crippen molar-refractivity contribution in [3.63, 3.8) is 0 Å². The molecule has 112 valence electrons. The second kappa shape index (κ2) is 5.47. The molecule has 2 aromatic rings. The molecule has 0 radical (unpaired) electrons. The first-order valence-electron chi connectivity index (χ1n) is 7.70. The Morgan fingerprint density at radius 3 is 2.43 bits per heavy atom. The fourth-order valence-corrected chi connectivity index (χ4v) is 3.22. The lowest BCUT2D eigenvalue weighted by atomic mass is 10.0. The summed E-state index contributed by atoms with van der Waals surface area (Å²) in [6, 6.07) is 6.71. The molecule has 0 N–H and O–H groups in total. The van der Waals surface area contributed by atoms with Gasteiger partial charge in [-0.1, -0.05) is 13.8 Å². The second-order valence-electron chi connectivity index (χ2n) is 6.24. The first-order chi connectivity index (χ1) is 10.1. The van der Waals surface area contributed by atoms with E-state index in [1.54, 1.807) is 0 Å². The van der Waals surface area contributed by atoms with E-state index in [1.807, 2.05) is 30.7 Å². The Balaban J connectivity index is 1.86. The summed E-state index contributed by atoms with van der Waals surface area (Å²) >= 11 is 0. The average molecular weight is 285 g/mol. The molecule has 0 saturated carbocycles. The van der Waals surface area contributed by atoms with Crippen LogP contribution in [0.4, 0.5) is 5.82 Å². The summed E-state index contributed by atoms with van der Waals surface area (Å²) in [4.78, 5) is 2.39. The minimum Gasteiger partial charge on any atom is -0.352 e. The van der Waals surface area contributed by atoms with Gasteiger partial charge in [0, 0.05) is 18.3 Å². The molecular formula is C16H23N5. The van der Waals surface area contributed by atoms with E-state index in [9.17, 15) is 0 Å². The third-order valence-electron chi connectivity index (χ3n) is 4.23. The number of hydrogen-bond acceptors (Lipinski definition) is 4. The zero-order valence-corrected chi connectivity index (χ0v) is 13.2. The van der Waals surface area contributed by atoms with Crippen LogP contribution in [-0.2, 0) is 0 Å². The summed E-state index contributed by atoms with van der Waals surface area (Å²) in [5, 5.41) is 13.3. The highest BCUT2D eigenvalue weighted by atomic mass is 15.4. The number of aromatic nitrogens is 4. The summed E-state index contributed by atoms with van der Waals surface area (Å²) < 4.78 is 1.84. The lowest BCUT2D eigenvalue weighted by molar-refractivity contribution is 0.488. The van der Waals surface area contributed by atoms with E-state index in [-0.39, 0.29) is 0 Å². The van der Waals surface area contributed by atoms with Gasteiger partial charge in [0.2, 0.25) is 0 Å². The van der Waals surface area contributed by atoms with E-state index in [0.29, 0.717) is 12.0 Å². The van der Waals surface area contributed by atoms with Gasteiger partial charge in [0.25, 0.3) is 0 Å². The van der Waals surface area contributed by atoms with Gasteiger partial charge >= 0.3 is 0 Å². The standard InChI is InChI=1S/C16H23N5/c1-11(2)14-6-5-9-20(14)15-7-8-16(18-17-15)21-13(4)10-12(3)19-21/h7-8,10-11,14H,5-6,9H2,1-4H3. The highest BCUT2D eigenvalue weighted by Crippen LogP contribution is 2.28. The third-order valence-corrected chi connectivity index (χ3v) is 4.23. The minimum atomic E-state index is 0.582. The minimum absolute atomic E-state index is 0.582. The monoisotopic (exact) mass is 285 g/mol. The van der Waals surface area contributed by atoms with Crippen molar-refractivity contribution in [2.75, 3.05) is 11.4 Å². The number of anilines is 1. The van der Waals surface area contributed by atoms with Crippen molar-refractivity contribution in [2.24, 2.45) is 5.92 Å². The van der Waals surface area contributed by atoms with Crippen molar-refractivity contribution in [1.82, 2.24) is 20.0 Å². The summed E-state index contributed by atoms with van der Waals surface area (Å²) in [6.07, 6.45) is 2.49. The lowest BCUT2D eigenvalue weighted by Crippen LogP contribution is -2.34. The van der Waals surface area contributed by atoms with Crippen LogP contribution in [0.25, 0.3) is 5.82 Å². The molecule has 21 heavy (non-hydrogen) atoms. The van der Waals surface area contributed by atoms with Crippen LogP contribution in [-0.4, -0.2) is 32.6 Å². The Kier molecular flexibility index (Phi) is 3.66. The summed E-state index contributed by atoms with van der Waals surface area (Å²) in [5.74, 6) is 2.41. The average Bonchev–Trinajstić information content (AvgIpc) is 3.05. The van der Waals surface area contributed by atoms with E-state index in [4.69, 9.17) is 0 Å². The molecule has 1 aliphatic heterocycles. The summed E-state index contributed by atoms with van der Waals surface area (Å²) in [7, 11) is 0. The SMILES string of the molecule is Cc1cc(C)n(-c2ccc(N3CCCC3C(C)C)nn2)n1. The predicted octanol–water partition coefficient (Wildman–Crippen LogP) is 2.90. The molecule has 0 aliphatic carbocycles. The van der Waals surface area contributed by atoms with Crippen LogP contribution in [0.15, 0.2) is 18.2 Å². The third kappa shape index (κ3) is 2.64. The van der Waals surface area contributed by atoms with Gasteiger partial charge in [-0.25, -0.2) is 4.68 Å². The highest BCUT2D eigenvalue weighted by Gasteiger charge is 2.28. The van der Waals surface area contributed by atoms with Crippen molar-refractivity contribution in [2.45, 2.75) is 46.6 Å². The molecule has 0 aromatic carbocycles. The molecule has 1 unspecified atom stereocenters. The molecular weight excluding hydrogens is 262 g/mol. The number of rotatable bonds is 3. The van der Waals surface area contributed by atoms with Crippen LogP contribution in [0, 0.1) is 19.8 Å². The number of aryl methyl sites for hydroxylation is 2. The van der Waals surface area contributed by atoms with E-state index in [1.165, 1.54) is 12.8 Å². The van der Waals surface area contributed by atoms with Crippen LogP contribution in [0.5, 0.6) is 0 Å². The van der Waals surface area contributed by atoms with Crippen LogP contribution in [0.1, 0.15) is 38.1 Å². The molecule has 5 nitrogen and oxygen atoms in total. The van der Waals surface area contributed by atoms with Crippen LogP contribution < -0.4 is 4.90 Å². The van der Waals surface area contributed by atoms with Gasteiger partial charge < -0.3 is 4.90 Å². The Labute approximate surface area is 126 Å². The van der Waals surface area contributed by atoms with Gasteiger partial charge in [0.15, 0.2) is 11.6 Å². The lowest BCUT2D eigenvalue weighted by Gasteiger charge is -2.28. The normalized spacial score (nSPS) is 18.7. The van der Waals surface area contributed by atoms with Crippen molar-refractivity contribution >= 4 is 5.82 Å². The van der Waals surface area contributed by atoms with Crippen molar-refractivity contribution in [3.05, 3.63) is 29.6 Å². The topological polar surface area (TPSA) is 46.8 Å². The second-order valence-corrected chi connectivity index (χ2v) is 6.24. The Bertz CT molecular complexity index is 614. The van der Waals surface area contributed by atoms with Crippen LogP contribution in [0.2, 0.25) is 0 Å². The van der Waals surface area contributed by atoms with E-state index in [2.05, 4.69) is 40.1 Å². The van der Waals surface area contributed by atoms with E-state index in [0.717, 1.165) is 29.6 Å². The van der Waals surface area contributed by atoms with Gasteiger partial charge in [-0.2, -0.15) is 5.10 Å².